The van der Waals surface area contributed by atoms with Crippen LogP contribution in [-0.4, -0.2) is 54.6 Å². The quantitative estimate of drug-likeness (QED) is 0.654. The van der Waals surface area contributed by atoms with Crippen molar-refractivity contribution < 1.29 is 19.5 Å². The molecule has 1 rings (SSSR count). The summed E-state index contributed by atoms with van der Waals surface area (Å²) in [6.45, 7) is 0.243. The molecule has 3 amide bonds. The highest BCUT2D eigenvalue weighted by Crippen LogP contribution is 2.23. The first kappa shape index (κ1) is 17.3. The molecule has 3 N–H and O–H groups in total. The molecular weight excluding hydrogens is 274 g/mol. The van der Waals surface area contributed by atoms with Crippen molar-refractivity contribution in [3.05, 3.63) is 0 Å². The number of aliphatic carboxylic acids is 1. The fourth-order valence-electron chi connectivity index (χ4n) is 2.50. The summed E-state index contributed by atoms with van der Waals surface area (Å²) in [7, 11) is 3.32. The Morgan fingerprint density at radius 3 is 2.43 bits per heavy atom. The van der Waals surface area contributed by atoms with Crippen LogP contribution in [0.5, 0.6) is 0 Å². The molecule has 0 aromatic rings. The van der Waals surface area contributed by atoms with Gasteiger partial charge < -0.3 is 20.6 Å². The maximum atomic E-state index is 11.8. The van der Waals surface area contributed by atoms with E-state index in [1.54, 1.807) is 14.1 Å². The smallest absolute Gasteiger partial charge is 0.315 e. The number of carboxylic acid groups (broad SMARTS) is 1. The molecule has 0 aliphatic heterocycles. The van der Waals surface area contributed by atoms with Gasteiger partial charge in [0.15, 0.2) is 0 Å². The SMILES string of the molecule is CN(C)C(=O)CCNC(=O)NC1CCCCCC1C(=O)O. The standard InChI is InChI=1S/C14H25N3O4/c1-17(2)12(18)8-9-15-14(21)16-11-7-5-3-4-6-10(11)13(19)20/h10-11H,3-9H2,1-2H3,(H,19,20)(H2,15,16,21). The molecule has 0 aromatic heterocycles. The molecule has 0 radical (unpaired) electrons. The highest BCUT2D eigenvalue weighted by Gasteiger charge is 2.30. The van der Waals surface area contributed by atoms with Crippen LogP contribution in [0.3, 0.4) is 0 Å². The van der Waals surface area contributed by atoms with Gasteiger partial charge in [-0.15, -0.1) is 0 Å². The minimum absolute atomic E-state index is 0.0619. The van der Waals surface area contributed by atoms with E-state index >= 15 is 0 Å². The number of nitrogens with one attached hydrogen (secondary N) is 2. The normalized spacial score (nSPS) is 22.0. The van der Waals surface area contributed by atoms with Gasteiger partial charge in [0, 0.05) is 33.1 Å². The zero-order valence-electron chi connectivity index (χ0n) is 12.7. The minimum atomic E-state index is -0.856. The first-order valence-electron chi connectivity index (χ1n) is 7.39. The van der Waals surface area contributed by atoms with Crippen LogP contribution < -0.4 is 10.6 Å². The molecule has 2 atom stereocenters. The van der Waals surface area contributed by atoms with Crippen LogP contribution in [0.25, 0.3) is 0 Å². The first-order valence-corrected chi connectivity index (χ1v) is 7.39. The zero-order chi connectivity index (χ0) is 15.8. The van der Waals surface area contributed by atoms with Crippen LogP contribution in [0.2, 0.25) is 0 Å². The topological polar surface area (TPSA) is 98.7 Å². The van der Waals surface area contributed by atoms with E-state index in [-0.39, 0.29) is 24.9 Å². The number of rotatable bonds is 5. The summed E-state index contributed by atoms with van der Waals surface area (Å²) in [5.41, 5.74) is 0. The number of urea groups is 1. The van der Waals surface area contributed by atoms with Crippen molar-refractivity contribution in [2.75, 3.05) is 20.6 Å². The van der Waals surface area contributed by atoms with Gasteiger partial charge in [-0.25, -0.2) is 4.79 Å². The van der Waals surface area contributed by atoms with Crippen LogP contribution in [0.1, 0.15) is 38.5 Å². The summed E-state index contributed by atoms with van der Waals surface area (Å²) in [5.74, 6) is -1.44. The molecule has 1 fully saturated rings. The molecule has 21 heavy (non-hydrogen) atoms. The van der Waals surface area contributed by atoms with Crippen molar-refractivity contribution in [3.8, 4) is 0 Å². The molecule has 0 aromatic carbocycles. The molecule has 0 saturated heterocycles. The molecule has 2 unspecified atom stereocenters. The summed E-state index contributed by atoms with van der Waals surface area (Å²) in [6, 6.07) is -0.741. The van der Waals surface area contributed by atoms with Crippen LogP contribution in [0.4, 0.5) is 4.79 Å². The Bertz CT molecular complexity index is 384. The van der Waals surface area contributed by atoms with E-state index in [1.165, 1.54) is 4.90 Å². The molecule has 0 spiro atoms. The lowest BCUT2D eigenvalue weighted by molar-refractivity contribution is -0.142. The first-order chi connectivity index (χ1) is 9.91. The monoisotopic (exact) mass is 299 g/mol. The van der Waals surface area contributed by atoms with E-state index < -0.39 is 17.9 Å². The molecule has 1 aliphatic rings. The summed E-state index contributed by atoms with van der Waals surface area (Å²) in [4.78, 5) is 35.9. The number of carbonyl (C=O) groups excluding carboxylic acids is 2. The Labute approximate surface area is 125 Å². The third-order valence-electron chi connectivity index (χ3n) is 3.77. The van der Waals surface area contributed by atoms with Crippen molar-refractivity contribution in [1.29, 1.82) is 0 Å². The van der Waals surface area contributed by atoms with E-state index in [9.17, 15) is 19.5 Å². The van der Waals surface area contributed by atoms with Gasteiger partial charge in [0.2, 0.25) is 5.91 Å². The summed E-state index contributed by atoms with van der Waals surface area (Å²) < 4.78 is 0. The van der Waals surface area contributed by atoms with E-state index in [1.807, 2.05) is 0 Å². The molecule has 120 valence electrons. The van der Waals surface area contributed by atoms with E-state index in [4.69, 9.17) is 0 Å². The van der Waals surface area contributed by atoms with Crippen LogP contribution in [-0.2, 0) is 9.59 Å². The van der Waals surface area contributed by atoms with Gasteiger partial charge in [0.1, 0.15) is 0 Å². The Morgan fingerprint density at radius 2 is 1.81 bits per heavy atom. The molecular formula is C14H25N3O4. The molecule has 0 bridgehead atoms. The predicted molar refractivity (Wildman–Crippen MR) is 77.8 cm³/mol. The molecule has 1 saturated carbocycles. The number of hydrogen-bond donors (Lipinski definition) is 3. The predicted octanol–water partition coefficient (Wildman–Crippen LogP) is 0.797. The lowest BCUT2D eigenvalue weighted by Gasteiger charge is -2.23. The fourth-order valence-corrected chi connectivity index (χ4v) is 2.50. The second-order valence-corrected chi connectivity index (χ2v) is 5.63. The van der Waals surface area contributed by atoms with Gasteiger partial charge in [-0.05, 0) is 12.8 Å². The maximum absolute atomic E-state index is 11.8. The molecule has 7 nitrogen and oxygen atoms in total. The van der Waals surface area contributed by atoms with Gasteiger partial charge in [0.25, 0.3) is 0 Å². The molecule has 1 aliphatic carbocycles. The Hall–Kier alpha value is -1.79. The molecule has 0 heterocycles. The Morgan fingerprint density at radius 1 is 1.14 bits per heavy atom. The summed E-state index contributed by atoms with van der Waals surface area (Å²) in [6.07, 6.45) is 4.32. The number of carboxylic acids is 1. The fraction of sp³-hybridized carbons (Fsp3) is 0.786. The van der Waals surface area contributed by atoms with Gasteiger partial charge >= 0.3 is 12.0 Å². The lowest BCUT2D eigenvalue weighted by Crippen LogP contribution is -2.47. The van der Waals surface area contributed by atoms with Crippen molar-refractivity contribution in [3.63, 3.8) is 0 Å². The van der Waals surface area contributed by atoms with Crippen LogP contribution in [0.15, 0.2) is 0 Å². The molecule has 7 heteroatoms. The van der Waals surface area contributed by atoms with Crippen molar-refractivity contribution in [2.24, 2.45) is 5.92 Å². The number of hydrogen-bond acceptors (Lipinski definition) is 3. The highest BCUT2D eigenvalue weighted by molar-refractivity contribution is 5.78. The average molecular weight is 299 g/mol. The third kappa shape index (κ3) is 6.01. The third-order valence-corrected chi connectivity index (χ3v) is 3.77. The zero-order valence-corrected chi connectivity index (χ0v) is 12.7. The van der Waals surface area contributed by atoms with Crippen LogP contribution in [0, 0.1) is 5.92 Å². The highest BCUT2D eigenvalue weighted by atomic mass is 16.4. The number of nitrogens with zero attached hydrogens (tertiary/aromatic N) is 1. The summed E-state index contributed by atoms with van der Waals surface area (Å²) in [5, 5.41) is 14.6. The van der Waals surface area contributed by atoms with Crippen molar-refractivity contribution >= 4 is 17.9 Å². The second kappa shape index (κ2) is 8.49. The summed E-state index contributed by atoms with van der Waals surface area (Å²) >= 11 is 0. The number of amides is 3. The lowest BCUT2D eigenvalue weighted by atomic mass is 9.95. The van der Waals surface area contributed by atoms with E-state index in [0.29, 0.717) is 12.8 Å². The van der Waals surface area contributed by atoms with Gasteiger partial charge in [-0.2, -0.15) is 0 Å². The minimum Gasteiger partial charge on any atom is -0.481 e. The van der Waals surface area contributed by atoms with E-state index in [0.717, 1.165) is 19.3 Å². The largest absolute Gasteiger partial charge is 0.481 e. The Kier molecular flexibility index (Phi) is 6.98. The Balaban J connectivity index is 2.40. The second-order valence-electron chi connectivity index (χ2n) is 5.63. The van der Waals surface area contributed by atoms with Gasteiger partial charge in [0.05, 0.1) is 5.92 Å². The average Bonchev–Trinajstić information content (AvgIpc) is 2.63. The van der Waals surface area contributed by atoms with Gasteiger partial charge in [-0.1, -0.05) is 19.3 Å². The number of carbonyl (C=O) groups is 3. The van der Waals surface area contributed by atoms with Gasteiger partial charge in [-0.3, -0.25) is 9.59 Å². The maximum Gasteiger partial charge on any atom is 0.315 e. The van der Waals surface area contributed by atoms with Crippen LogP contribution >= 0.6 is 0 Å². The van der Waals surface area contributed by atoms with Crippen molar-refractivity contribution in [1.82, 2.24) is 15.5 Å². The van der Waals surface area contributed by atoms with E-state index in [2.05, 4.69) is 10.6 Å². The van der Waals surface area contributed by atoms with Crippen molar-refractivity contribution in [2.45, 2.75) is 44.6 Å².